The summed E-state index contributed by atoms with van der Waals surface area (Å²) < 4.78 is 184. The van der Waals surface area contributed by atoms with Crippen LogP contribution >= 0.6 is 135 Å². The number of hydrogen-bond donors (Lipinski definition) is 18. The summed E-state index contributed by atoms with van der Waals surface area (Å²) in [5, 5.41) is 2.25. The Bertz CT molecular complexity index is 5140. The van der Waals surface area contributed by atoms with Gasteiger partial charge >= 0.3 is 70.4 Å². The van der Waals surface area contributed by atoms with Crippen molar-refractivity contribution < 1.29 is 168 Å². The van der Waals surface area contributed by atoms with Crippen LogP contribution in [0.3, 0.4) is 0 Å². The van der Waals surface area contributed by atoms with Gasteiger partial charge in [0, 0.05) is 44.0 Å². The Morgan fingerprint density at radius 2 is 0.739 bits per heavy atom. The second-order valence-electron chi connectivity index (χ2n) is 22.9. The van der Waals surface area contributed by atoms with Crippen LogP contribution in [0, 0.1) is 35.5 Å². The maximum absolute atomic E-state index is 12.7. The monoisotopic (exact) mass is 1970 g/mol. The van der Waals surface area contributed by atoms with Gasteiger partial charge in [0.2, 0.25) is 0 Å². The molecule has 9 unspecified atom stereocenters. The Hall–Kier alpha value is -3.94. The van der Waals surface area contributed by atoms with Crippen molar-refractivity contribution in [3.8, 4) is 35.5 Å². The van der Waals surface area contributed by atoms with Gasteiger partial charge in [-0.1, -0.05) is 95.6 Å². The molecule has 67 heteroatoms. The number of nitrogens with two attached hydrogens (primary N) is 6. The zero-order valence-electron chi connectivity index (χ0n) is 60.5. The molecule has 0 aromatic carbocycles. The highest BCUT2D eigenvalue weighted by Crippen LogP contribution is 2.69. The molecule has 7 aromatic rings. The van der Waals surface area contributed by atoms with Crippen LogP contribution in [0.5, 0.6) is 0 Å². The summed E-state index contributed by atoms with van der Waals surface area (Å²) in [5.41, 5.74) is 37.1. The van der Waals surface area contributed by atoms with Crippen LogP contribution in [-0.2, 0) is 109 Å². The van der Waals surface area contributed by atoms with Gasteiger partial charge in [-0.3, -0.25) is 13.6 Å². The molecule has 3 aliphatic rings. The van der Waals surface area contributed by atoms with Crippen molar-refractivity contribution in [2.45, 2.75) is 79.6 Å². The third kappa shape index (κ3) is 31.6. The molecule has 3 saturated heterocycles. The lowest BCUT2D eigenvalue weighted by atomic mass is 10.2. The molecule has 119 heavy (non-hydrogen) atoms. The number of pyridine rings is 1. The normalized spacial score (nSPS) is 22.5. The van der Waals surface area contributed by atoms with E-state index in [1.165, 1.54) is 62.1 Å². The Morgan fingerprint density at radius 1 is 0.429 bits per heavy atom. The zero-order chi connectivity index (χ0) is 87.5. The minimum atomic E-state index is -5.87. The number of anilines is 3. The van der Waals surface area contributed by atoms with E-state index in [1.54, 1.807) is 38.5 Å². The number of hydrogen-bond acceptors (Lipinski definition) is 43. The van der Waals surface area contributed by atoms with Gasteiger partial charge in [0.1, 0.15) is 113 Å². The van der Waals surface area contributed by atoms with E-state index < -0.39 is 146 Å². The summed E-state index contributed by atoms with van der Waals surface area (Å²) in [4.78, 5) is 141. The first-order valence-electron chi connectivity index (χ1n) is 32.3. The molecule has 15 atom stereocenters. The van der Waals surface area contributed by atoms with Crippen molar-refractivity contribution >= 4 is 186 Å². The van der Waals surface area contributed by atoms with Crippen molar-refractivity contribution in [1.82, 2.24) is 48.6 Å². The molecule has 3 aliphatic heterocycles. The molecular weight excluding hydrogens is 1900 g/mol. The molecule has 0 spiro atoms. The zero-order valence-corrected chi connectivity index (χ0v) is 73.5. The molecule has 10 heterocycles. The van der Waals surface area contributed by atoms with Gasteiger partial charge in [0.05, 0.1) is 90.6 Å². The lowest BCUT2D eigenvalue weighted by Crippen LogP contribution is -2.29. The van der Waals surface area contributed by atoms with E-state index in [9.17, 15) is 70.4 Å². The number of phosphoric ester groups is 3. The second kappa shape index (κ2) is 44.5. The van der Waals surface area contributed by atoms with E-state index in [1.807, 2.05) is 30.7 Å². The third-order valence-electron chi connectivity index (χ3n) is 14.8. The highest BCUT2D eigenvalue weighted by atomic mass is 33.1. The third-order valence-corrected chi connectivity index (χ3v) is 31.0. The van der Waals surface area contributed by atoms with E-state index in [2.05, 4.69) is 96.3 Å². The van der Waals surface area contributed by atoms with Crippen LogP contribution in [-0.4, -0.2) is 214 Å². The highest BCUT2D eigenvalue weighted by molar-refractivity contribution is 8.77. The van der Waals surface area contributed by atoms with E-state index in [4.69, 9.17) is 106 Å². The molecule has 0 radical (unpaired) electrons. The van der Waals surface area contributed by atoms with Crippen LogP contribution in [0.1, 0.15) is 54.6 Å². The smallest absolute Gasteiger partial charge is 0.383 e. The topological polar surface area (TPSA) is 796 Å². The van der Waals surface area contributed by atoms with Gasteiger partial charge in [-0.25, -0.2) is 76.0 Å². The fourth-order valence-electron chi connectivity index (χ4n) is 10.7. The van der Waals surface area contributed by atoms with Gasteiger partial charge in [-0.2, -0.15) is 25.9 Å². The van der Waals surface area contributed by atoms with Crippen LogP contribution in [0.25, 0.3) is 33.1 Å². The lowest BCUT2D eigenvalue weighted by molar-refractivity contribution is -0.0523. The largest absolute Gasteiger partial charge is 0.490 e. The van der Waals surface area contributed by atoms with Crippen molar-refractivity contribution in [1.29, 1.82) is 0 Å². The molecule has 0 bridgehead atoms. The average molecular weight is 1970 g/mol. The first kappa shape index (κ1) is 100. The predicted molar refractivity (Wildman–Crippen MR) is 428 cm³/mol. The Morgan fingerprint density at radius 3 is 1.01 bits per heavy atom. The molecule has 3 fully saturated rings. The predicted octanol–water partition coefficient (Wildman–Crippen LogP) is 4.75. The van der Waals surface area contributed by atoms with Gasteiger partial charge in [0.15, 0.2) is 0 Å². The van der Waals surface area contributed by atoms with E-state index in [0.29, 0.717) is 38.5 Å². The summed E-state index contributed by atoms with van der Waals surface area (Å²) in [6.45, 7) is -2.36. The lowest BCUT2D eigenvalue weighted by Gasteiger charge is -2.21. The maximum atomic E-state index is 12.7. The van der Waals surface area contributed by atoms with Crippen LogP contribution in [0.15, 0.2) is 67.0 Å². The fraction of sp³-hybridized carbons (Fsp3) is 0.442. The molecule has 658 valence electrons. The Kier molecular flexibility index (Phi) is 37.5. The Balaban J connectivity index is 0.000000310. The summed E-state index contributed by atoms with van der Waals surface area (Å²) >= 11 is 0. The number of nitrogens with zero attached hydrogens (tertiary/aromatic N) is 10. The summed E-state index contributed by atoms with van der Waals surface area (Å²) in [5.74, 6) is 17.0. The summed E-state index contributed by atoms with van der Waals surface area (Å²) in [7, 11) is -42.5. The molecule has 0 aliphatic carbocycles. The van der Waals surface area contributed by atoms with Gasteiger partial charge < -0.3 is 135 Å². The molecule has 10 rings (SSSR count). The first-order valence-corrected chi connectivity index (χ1v) is 53.7. The standard InChI is InChI=1S/C30H42N10O24P6S2.C16H24N5O12P3S2.C6H7NS2/c31-5-1-3-17-9-39(29-25(17)27(33)35-13-37-29)23-7-19(21(59-23)11-57-67(47,48)63-69(51,52)61-65(41,42)43)55-15-71-72-16-56-20-8-24(40-10-18(4-2-6-32)26-28(34)36-14-38-30(26)40)60-22(20)12-58-68(49,50)64-70(53,54)62-66(44,45)46;1-37-38-9-29-11-5-13(21-6-10(3-2-4-17)14-15(18)19-8-20-16(14)21)31-12(11)7-30-35(25,26)33-36(27,28)32-34(22,23)24;1-8-9-6-4-2-3-5-7-6/h9-10,13-14,19-24H,5-8,11-12,15-16,31-32H2,(H,47,48)(H,49,50)(H,51,52)(H,53,54)(H2,33,35,37)(H2,34,36,38)(H2,41,42,43)(H2,44,45,46);6,8,11-13H,4-5,7,9,17H2,1H3,(H,25,26)(H,27,28)(H2,18,19,20)(H2,22,23,24);2-5H,1H3/t19?,20?,21-,22-,23-,24-;11?,12-,13-;/m11./s1. The quantitative estimate of drug-likeness (QED) is 0.00821. The van der Waals surface area contributed by atoms with Crippen LogP contribution in [0.4, 0.5) is 17.5 Å². The van der Waals surface area contributed by atoms with Gasteiger partial charge in [-0.05, 0) is 35.4 Å². The summed E-state index contributed by atoms with van der Waals surface area (Å²) in [6.07, 6.45) is 5.26. The van der Waals surface area contributed by atoms with Crippen molar-refractivity contribution in [2.75, 3.05) is 87.0 Å². The molecule has 0 amide bonds. The van der Waals surface area contributed by atoms with Crippen molar-refractivity contribution in [3.05, 3.63) is 78.7 Å². The summed E-state index contributed by atoms with van der Waals surface area (Å²) in [6, 6.07) is 5.91. The second-order valence-corrected chi connectivity index (χ2v) is 43.4. The fourth-order valence-corrected chi connectivity index (χ4v) is 23.1. The van der Waals surface area contributed by atoms with Gasteiger partial charge in [0.25, 0.3) is 0 Å². The van der Waals surface area contributed by atoms with E-state index in [-0.39, 0.29) is 85.5 Å². The van der Waals surface area contributed by atoms with Crippen LogP contribution < -0.4 is 34.4 Å². The minimum Gasteiger partial charge on any atom is -0.383 e. The number of nitrogen functional groups attached to an aromatic ring is 3. The minimum absolute atomic E-state index is 0.00607. The molecule has 52 nitrogen and oxygen atoms in total. The molecule has 0 saturated carbocycles. The maximum Gasteiger partial charge on any atom is 0.490 e. The number of rotatable bonds is 37. The average Bonchev–Trinajstić information content (AvgIpc) is 1.62. The first-order chi connectivity index (χ1) is 55.8. The van der Waals surface area contributed by atoms with E-state index >= 15 is 0 Å². The molecule has 7 aromatic heterocycles. The Labute approximate surface area is 695 Å². The number of fused-ring (bicyclic) bond motifs is 3. The molecule has 24 N–H and O–H groups in total. The van der Waals surface area contributed by atoms with Crippen LogP contribution in [0.2, 0.25) is 0 Å². The van der Waals surface area contributed by atoms with Crippen molar-refractivity contribution in [2.24, 2.45) is 17.2 Å². The number of aromatic nitrogens is 10. The van der Waals surface area contributed by atoms with Gasteiger partial charge in [-0.15, -0.1) is 0 Å². The number of ether oxygens (including phenoxy) is 6. The SMILES string of the molecule is CSSCOC1C[C@H](n2cc(C#CCN)c3c(N)ncnc32)O[C@@H]1COP(=O)(O)OP(=O)(O)OP(=O)(O)O.CSSc1ccccn1.NCC#Cc1cn([C@H]2CC(OCSSCOC3C[C@H](n4cc(C#CCN)c5c(N)ncnc54)O[C@@H]3COP(=O)(O)OP(=O)(O)OP(=O)(O)O)[C@@H](COP(=O)(O)OP(=O)(O)OP(=O)(O)O)O2)c2ncnc(N)c12. The van der Waals surface area contributed by atoms with Crippen molar-refractivity contribution in [3.63, 3.8) is 0 Å². The molecular formula is C52H73N16O36P9S6. The highest BCUT2D eigenvalue weighted by Gasteiger charge is 2.48. The number of phosphoric acid groups is 9. The van der Waals surface area contributed by atoms with E-state index in [0.717, 1.165) is 26.6 Å².